The molecule has 1 aromatic rings. The average Bonchev–Trinajstić information content (AvgIpc) is 3.65. The van der Waals surface area contributed by atoms with Crippen LogP contribution in [0.1, 0.15) is 94.1 Å². The normalized spacial score (nSPS) is 30.2. The number of ether oxygens (including phenoxy) is 2. The van der Waals surface area contributed by atoms with Gasteiger partial charge in [0.25, 0.3) is 0 Å². The number of rotatable bonds is 5. The molecule has 0 saturated heterocycles. The van der Waals surface area contributed by atoms with E-state index in [0.717, 1.165) is 10.6 Å². The van der Waals surface area contributed by atoms with E-state index in [2.05, 4.69) is 5.32 Å². The van der Waals surface area contributed by atoms with Crippen LogP contribution in [0.4, 0.5) is 0 Å². The van der Waals surface area contributed by atoms with Gasteiger partial charge in [0.15, 0.2) is 0 Å². The second-order valence-electron chi connectivity index (χ2n) is 17.5. The number of esters is 1. The van der Waals surface area contributed by atoms with Crippen LogP contribution in [0.5, 0.6) is 5.75 Å². The Kier molecular flexibility index (Phi) is 17.4. The molecule has 2 aliphatic rings. The maximum absolute atomic E-state index is 14.3. The van der Waals surface area contributed by atoms with Gasteiger partial charge in [-0.2, -0.15) is 0 Å². The number of likely N-dealkylation sites (N-methyl/N-ethyl adjacent to an activating group) is 3. The van der Waals surface area contributed by atoms with Crippen LogP contribution in [0.25, 0.3) is 0 Å². The zero-order chi connectivity index (χ0) is 43.8. The molecule has 14 heteroatoms. The molecule has 0 aliphatic carbocycles. The molecule has 324 valence electrons. The lowest BCUT2D eigenvalue weighted by atomic mass is 9.81. The van der Waals surface area contributed by atoms with Crippen molar-refractivity contribution in [2.45, 2.75) is 137 Å². The number of hydrogen-bond donors (Lipinski definition) is 2. The van der Waals surface area contributed by atoms with Crippen molar-refractivity contribution in [2.75, 3.05) is 34.0 Å². The van der Waals surface area contributed by atoms with Gasteiger partial charge in [0.2, 0.25) is 23.6 Å². The molecule has 0 aromatic heterocycles. The number of aliphatic hydroxyl groups is 1. The van der Waals surface area contributed by atoms with Crippen LogP contribution < -0.4 is 10.1 Å². The first kappa shape index (κ1) is 48.5. The molecule has 13 nitrogen and oxygen atoms in total. The van der Waals surface area contributed by atoms with E-state index < -0.39 is 71.4 Å². The lowest BCUT2D eigenvalue weighted by molar-refractivity contribution is -0.166. The van der Waals surface area contributed by atoms with Crippen molar-refractivity contribution in [3.05, 3.63) is 41.5 Å². The van der Waals surface area contributed by atoms with Crippen molar-refractivity contribution in [2.24, 2.45) is 28.2 Å². The van der Waals surface area contributed by atoms with Gasteiger partial charge >= 0.3 is 5.97 Å². The predicted molar refractivity (Wildman–Crippen MR) is 229 cm³/mol. The Morgan fingerprint density at radius 3 is 2.10 bits per heavy atom. The molecule has 3 rings (SSSR count). The molecule has 0 radical (unpaired) electrons. The van der Waals surface area contributed by atoms with Crippen molar-refractivity contribution in [1.82, 2.24) is 20.0 Å². The SMILES string of the molecule is CCC(C)C1C(=O)N(C)C(C)C(=O)OC(C(C)(C)C)CC(C)CC(O)C(C)C2=NC(C=C(C)C(=O)NC(Cc3ccc(OC)cc3)C(=O)N(C)C(C)C(=O)N1C)CS2. The van der Waals surface area contributed by atoms with Gasteiger partial charge < -0.3 is 34.6 Å². The Balaban J connectivity index is 2.08. The van der Waals surface area contributed by atoms with Gasteiger partial charge in [0, 0.05) is 44.8 Å². The number of hydrogen-bond acceptors (Lipinski definition) is 10. The van der Waals surface area contributed by atoms with E-state index in [0.29, 0.717) is 36.3 Å². The number of benzene rings is 1. The highest BCUT2D eigenvalue weighted by atomic mass is 32.2. The number of methoxy groups -OCH3 is 1. The fourth-order valence-electron chi connectivity index (χ4n) is 7.24. The number of aliphatic imine (C=N–C) groups is 1. The molecule has 4 amide bonds. The molecule has 10 unspecified atom stereocenters. The molecule has 0 spiro atoms. The van der Waals surface area contributed by atoms with E-state index in [1.807, 2.05) is 60.6 Å². The van der Waals surface area contributed by atoms with Gasteiger partial charge in [0.1, 0.15) is 36.0 Å². The quantitative estimate of drug-likeness (QED) is 0.384. The minimum absolute atomic E-state index is 0.0182. The van der Waals surface area contributed by atoms with Gasteiger partial charge in [-0.05, 0) is 68.6 Å². The van der Waals surface area contributed by atoms with Crippen molar-refractivity contribution < 1.29 is 38.6 Å². The molecule has 2 N–H and O–H groups in total. The van der Waals surface area contributed by atoms with Crippen molar-refractivity contribution >= 4 is 46.4 Å². The summed E-state index contributed by atoms with van der Waals surface area (Å²) in [5.74, 6) is -1.72. The average molecular weight is 828 g/mol. The minimum Gasteiger partial charge on any atom is -0.497 e. The largest absolute Gasteiger partial charge is 0.497 e. The Bertz CT molecular complexity index is 1680. The second-order valence-corrected chi connectivity index (χ2v) is 18.6. The third-order valence-electron chi connectivity index (χ3n) is 11.9. The maximum atomic E-state index is 14.3. The first-order chi connectivity index (χ1) is 27.0. The van der Waals surface area contributed by atoms with Crippen LogP contribution in [0.15, 0.2) is 40.9 Å². The fraction of sp³-hybridized carbons (Fsp3) is 0.682. The van der Waals surface area contributed by atoms with Gasteiger partial charge in [-0.1, -0.05) is 73.1 Å². The number of carbonyl (C=O) groups excluding carboxylic acids is 5. The third kappa shape index (κ3) is 12.3. The van der Waals surface area contributed by atoms with Crippen LogP contribution in [0.2, 0.25) is 0 Å². The number of thioether (sulfide) groups is 1. The molecule has 58 heavy (non-hydrogen) atoms. The molecule has 10 atom stereocenters. The van der Waals surface area contributed by atoms with Gasteiger partial charge in [0.05, 0.1) is 24.3 Å². The van der Waals surface area contributed by atoms with Crippen molar-refractivity contribution in [3.8, 4) is 5.75 Å². The number of aliphatic hydroxyl groups excluding tert-OH is 1. The number of nitrogens with one attached hydrogen (secondary N) is 1. The summed E-state index contributed by atoms with van der Waals surface area (Å²) in [6.45, 7) is 18.7. The van der Waals surface area contributed by atoms with Gasteiger partial charge in [-0.3, -0.25) is 24.2 Å². The molecule has 2 bridgehead atoms. The van der Waals surface area contributed by atoms with Crippen molar-refractivity contribution in [1.29, 1.82) is 0 Å². The Hall–Kier alpha value is -3.91. The van der Waals surface area contributed by atoms with E-state index >= 15 is 0 Å². The van der Waals surface area contributed by atoms with Crippen LogP contribution in [0.3, 0.4) is 0 Å². The number of cyclic esters (lactones) is 1. The van der Waals surface area contributed by atoms with E-state index in [1.165, 1.54) is 28.8 Å². The second kappa shape index (κ2) is 20.9. The maximum Gasteiger partial charge on any atom is 0.328 e. The van der Waals surface area contributed by atoms with Crippen LogP contribution >= 0.6 is 11.8 Å². The number of amides is 4. The number of carbonyl (C=O) groups is 5. The smallest absolute Gasteiger partial charge is 0.328 e. The summed E-state index contributed by atoms with van der Waals surface area (Å²) in [5, 5.41) is 15.1. The Morgan fingerprint density at radius 1 is 0.931 bits per heavy atom. The predicted octanol–water partition coefficient (Wildman–Crippen LogP) is 5.13. The van der Waals surface area contributed by atoms with Crippen molar-refractivity contribution in [3.63, 3.8) is 0 Å². The van der Waals surface area contributed by atoms with E-state index in [1.54, 1.807) is 64.9 Å². The molecular formula is C44H69N5O8S. The van der Waals surface area contributed by atoms with Gasteiger partial charge in [-0.25, -0.2) is 4.79 Å². The summed E-state index contributed by atoms with van der Waals surface area (Å²) >= 11 is 1.55. The highest BCUT2D eigenvalue weighted by molar-refractivity contribution is 8.14. The molecule has 2 heterocycles. The standard InChI is InChI=1S/C44H69N5O8S/c1-15-26(3)37-42(54)48(12)30(7)43(55)57-36(44(8,9)10)21-25(2)20-35(50)28(5)39-45-32(24-58-39)22-27(4)38(51)46-34(23-31-16-18-33(56-14)19-17-31)41(53)47(11)29(6)40(52)49(37)13/h16-19,22,25-26,28-30,32,34-37,50H,15,20-21,23-24H2,1-14H3,(H,46,51). The Labute approximate surface area is 350 Å². The third-order valence-corrected chi connectivity index (χ3v) is 13.2. The van der Waals surface area contributed by atoms with Crippen LogP contribution in [0, 0.1) is 23.2 Å². The summed E-state index contributed by atoms with van der Waals surface area (Å²) in [4.78, 5) is 79.3. The monoisotopic (exact) mass is 827 g/mol. The Morgan fingerprint density at radius 2 is 1.53 bits per heavy atom. The highest BCUT2D eigenvalue weighted by Gasteiger charge is 2.41. The zero-order valence-electron chi connectivity index (χ0n) is 37.2. The highest BCUT2D eigenvalue weighted by Crippen LogP contribution is 2.33. The van der Waals surface area contributed by atoms with Gasteiger partial charge in [-0.15, -0.1) is 11.8 Å². The van der Waals surface area contributed by atoms with Crippen LogP contribution in [-0.2, 0) is 35.1 Å². The lowest BCUT2D eigenvalue weighted by Gasteiger charge is -2.39. The molecule has 0 fully saturated rings. The fourth-order valence-corrected chi connectivity index (χ4v) is 8.38. The van der Waals surface area contributed by atoms with E-state index in [-0.39, 0.29) is 30.2 Å². The summed E-state index contributed by atoms with van der Waals surface area (Å²) in [6.07, 6.45) is 2.23. The first-order valence-corrected chi connectivity index (χ1v) is 21.5. The van der Waals surface area contributed by atoms with E-state index in [4.69, 9.17) is 14.5 Å². The lowest BCUT2D eigenvalue weighted by Crippen LogP contribution is -2.59. The summed E-state index contributed by atoms with van der Waals surface area (Å²) in [5.41, 5.74) is 0.726. The molecule has 0 saturated carbocycles. The summed E-state index contributed by atoms with van der Waals surface area (Å²) in [6, 6.07) is 2.92. The van der Waals surface area contributed by atoms with E-state index in [9.17, 15) is 29.1 Å². The van der Waals surface area contributed by atoms with Crippen LogP contribution in [-0.4, -0.2) is 131 Å². The minimum atomic E-state index is -1.04. The first-order valence-electron chi connectivity index (χ1n) is 20.5. The topological polar surface area (TPSA) is 158 Å². The zero-order valence-corrected chi connectivity index (χ0v) is 38.0. The number of fused-ring (bicyclic) bond motifs is 1. The molecular weight excluding hydrogens is 759 g/mol. The summed E-state index contributed by atoms with van der Waals surface area (Å²) < 4.78 is 11.5. The molecule has 2 aliphatic heterocycles. The molecule has 1 aromatic carbocycles. The summed E-state index contributed by atoms with van der Waals surface area (Å²) in [7, 11) is 6.16. The number of nitrogens with zero attached hydrogens (tertiary/aromatic N) is 4.